The van der Waals surface area contributed by atoms with Gasteiger partial charge in [0.25, 0.3) is 5.91 Å². The summed E-state index contributed by atoms with van der Waals surface area (Å²) >= 11 is 0. The number of carbonyl (C=O) groups excluding carboxylic acids is 1. The van der Waals surface area contributed by atoms with Gasteiger partial charge in [-0.15, -0.1) is 0 Å². The molecule has 25 heavy (non-hydrogen) atoms. The molecule has 1 fully saturated rings. The van der Waals surface area contributed by atoms with E-state index < -0.39 is 5.82 Å². The van der Waals surface area contributed by atoms with Crippen molar-refractivity contribution in [2.75, 3.05) is 45.3 Å². The van der Waals surface area contributed by atoms with E-state index in [0.29, 0.717) is 43.4 Å². The van der Waals surface area contributed by atoms with Gasteiger partial charge in [-0.3, -0.25) is 4.79 Å². The number of anilines is 1. The predicted octanol–water partition coefficient (Wildman–Crippen LogP) is 1.60. The maximum Gasteiger partial charge on any atom is 0.321 e. The fourth-order valence-electron chi connectivity index (χ4n) is 2.69. The average molecular weight is 346 g/mol. The van der Waals surface area contributed by atoms with Crippen LogP contribution in [0.2, 0.25) is 0 Å². The molecule has 1 amide bonds. The van der Waals surface area contributed by atoms with Crippen molar-refractivity contribution < 1.29 is 18.7 Å². The minimum Gasteiger partial charge on any atom is -0.481 e. The number of piperazine rings is 1. The second-order valence-corrected chi connectivity index (χ2v) is 5.54. The Kier molecular flexibility index (Phi) is 4.97. The van der Waals surface area contributed by atoms with E-state index >= 15 is 0 Å². The van der Waals surface area contributed by atoms with Crippen LogP contribution in [0.3, 0.4) is 0 Å². The summed E-state index contributed by atoms with van der Waals surface area (Å²) in [7, 11) is 3.02. The number of methoxy groups -OCH3 is 2. The highest BCUT2D eigenvalue weighted by molar-refractivity contribution is 5.94. The zero-order chi connectivity index (χ0) is 17.8. The standard InChI is InChI=1S/C17H19FN4O3/c1-24-15-11-14(19-17(20-15)25-2)21-6-8-22(9-7-21)16(23)12-4-3-5-13(18)10-12/h3-5,10-11H,6-9H2,1-2H3. The fraction of sp³-hybridized carbons (Fsp3) is 0.353. The number of carbonyl (C=O) groups is 1. The Labute approximate surface area is 145 Å². The molecule has 0 aliphatic carbocycles. The molecule has 132 valence electrons. The van der Waals surface area contributed by atoms with E-state index in [1.807, 2.05) is 4.90 Å². The summed E-state index contributed by atoms with van der Waals surface area (Å²) in [6.45, 7) is 2.24. The first-order valence-electron chi connectivity index (χ1n) is 7.87. The van der Waals surface area contributed by atoms with Crippen molar-refractivity contribution in [2.24, 2.45) is 0 Å². The largest absolute Gasteiger partial charge is 0.481 e. The predicted molar refractivity (Wildman–Crippen MR) is 89.7 cm³/mol. The molecule has 7 nitrogen and oxygen atoms in total. The summed E-state index contributed by atoms with van der Waals surface area (Å²) in [5, 5.41) is 0. The van der Waals surface area contributed by atoms with Gasteiger partial charge in [0, 0.05) is 37.8 Å². The van der Waals surface area contributed by atoms with Crippen LogP contribution in [0, 0.1) is 5.82 Å². The lowest BCUT2D eigenvalue weighted by Crippen LogP contribution is -2.49. The Morgan fingerprint density at radius 2 is 1.84 bits per heavy atom. The summed E-state index contributed by atoms with van der Waals surface area (Å²) in [6, 6.07) is 7.70. The number of hydrogen-bond donors (Lipinski definition) is 0. The number of halogens is 1. The van der Waals surface area contributed by atoms with Crippen LogP contribution in [0.4, 0.5) is 10.2 Å². The zero-order valence-corrected chi connectivity index (χ0v) is 14.1. The highest BCUT2D eigenvalue weighted by atomic mass is 19.1. The van der Waals surface area contributed by atoms with Gasteiger partial charge in [0.2, 0.25) is 5.88 Å². The molecule has 1 aromatic carbocycles. The van der Waals surface area contributed by atoms with Gasteiger partial charge in [-0.1, -0.05) is 6.07 Å². The third-order valence-corrected chi connectivity index (χ3v) is 4.02. The molecule has 0 bridgehead atoms. The summed E-state index contributed by atoms with van der Waals surface area (Å²) in [6.07, 6.45) is 0. The first-order valence-corrected chi connectivity index (χ1v) is 7.87. The third-order valence-electron chi connectivity index (χ3n) is 4.02. The molecule has 2 heterocycles. The normalized spacial score (nSPS) is 14.4. The topological polar surface area (TPSA) is 67.8 Å². The number of benzene rings is 1. The van der Waals surface area contributed by atoms with Gasteiger partial charge in [0.05, 0.1) is 14.2 Å². The van der Waals surface area contributed by atoms with E-state index in [2.05, 4.69) is 9.97 Å². The van der Waals surface area contributed by atoms with Gasteiger partial charge in [-0.05, 0) is 18.2 Å². The van der Waals surface area contributed by atoms with Crippen LogP contribution in [-0.4, -0.2) is 61.2 Å². The lowest BCUT2D eigenvalue weighted by molar-refractivity contribution is 0.0746. The van der Waals surface area contributed by atoms with Gasteiger partial charge in [0.15, 0.2) is 0 Å². The molecule has 0 atom stereocenters. The monoisotopic (exact) mass is 346 g/mol. The van der Waals surface area contributed by atoms with Crippen molar-refractivity contribution in [1.82, 2.24) is 14.9 Å². The zero-order valence-electron chi connectivity index (χ0n) is 14.1. The molecular weight excluding hydrogens is 327 g/mol. The number of amides is 1. The first kappa shape index (κ1) is 16.9. The van der Waals surface area contributed by atoms with Crippen molar-refractivity contribution >= 4 is 11.7 Å². The number of ether oxygens (including phenoxy) is 2. The molecule has 1 aromatic heterocycles. The Balaban J connectivity index is 1.68. The van der Waals surface area contributed by atoms with Crippen molar-refractivity contribution in [2.45, 2.75) is 0 Å². The quantitative estimate of drug-likeness (QED) is 0.838. The lowest BCUT2D eigenvalue weighted by Gasteiger charge is -2.35. The Hall–Kier alpha value is -2.90. The Morgan fingerprint density at radius 1 is 1.08 bits per heavy atom. The highest BCUT2D eigenvalue weighted by Gasteiger charge is 2.24. The summed E-state index contributed by atoms with van der Waals surface area (Å²) in [4.78, 5) is 24.6. The number of hydrogen-bond acceptors (Lipinski definition) is 6. The molecule has 1 aliphatic heterocycles. The molecular formula is C17H19FN4O3. The second-order valence-electron chi connectivity index (χ2n) is 5.54. The number of rotatable bonds is 4. The Morgan fingerprint density at radius 3 is 2.48 bits per heavy atom. The van der Waals surface area contributed by atoms with Crippen LogP contribution in [0.1, 0.15) is 10.4 Å². The molecule has 2 aromatic rings. The van der Waals surface area contributed by atoms with Gasteiger partial charge in [-0.2, -0.15) is 9.97 Å². The van der Waals surface area contributed by atoms with Crippen LogP contribution in [0.25, 0.3) is 0 Å². The van der Waals surface area contributed by atoms with Gasteiger partial charge >= 0.3 is 6.01 Å². The van der Waals surface area contributed by atoms with Crippen molar-refractivity contribution in [3.63, 3.8) is 0 Å². The second kappa shape index (κ2) is 7.33. The minimum absolute atomic E-state index is 0.169. The van der Waals surface area contributed by atoms with Crippen LogP contribution in [0.5, 0.6) is 11.9 Å². The van der Waals surface area contributed by atoms with E-state index in [-0.39, 0.29) is 11.9 Å². The van der Waals surface area contributed by atoms with E-state index in [1.54, 1.807) is 17.0 Å². The van der Waals surface area contributed by atoms with Crippen LogP contribution in [-0.2, 0) is 0 Å². The van der Waals surface area contributed by atoms with Crippen molar-refractivity contribution in [3.05, 3.63) is 41.7 Å². The maximum atomic E-state index is 13.3. The average Bonchev–Trinajstić information content (AvgIpc) is 2.67. The molecule has 0 radical (unpaired) electrons. The molecule has 3 rings (SSSR count). The van der Waals surface area contributed by atoms with Crippen LogP contribution < -0.4 is 14.4 Å². The van der Waals surface area contributed by atoms with Crippen molar-refractivity contribution in [3.8, 4) is 11.9 Å². The Bertz CT molecular complexity index is 741. The molecule has 0 unspecified atom stereocenters. The number of nitrogens with zero attached hydrogens (tertiary/aromatic N) is 4. The van der Waals surface area contributed by atoms with E-state index in [0.717, 1.165) is 0 Å². The molecule has 0 saturated carbocycles. The summed E-state index contributed by atoms with van der Waals surface area (Å²) in [5.41, 5.74) is 0.360. The van der Waals surface area contributed by atoms with E-state index in [1.165, 1.54) is 32.4 Å². The summed E-state index contributed by atoms with van der Waals surface area (Å²) < 4.78 is 23.6. The van der Waals surface area contributed by atoms with E-state index in [9.17, 15) is 9.18 Å². The summed E-state index contributed by atoms with van der Waals surface area (Å²) in [5.74, 6) is 0.517. The van der Waals surface area contributed by atoms with Crippen LogP contribution in [0.15, 0.2) is 30.3 Å². The first-order chi connectivity index (χ1) is 12.1. The lowest BCUT2D eigenvalue weighted by atomic mass is 10.1. The molecule has 0 N–H and O–H groups in total. The van der Waals surface area contributed by atoms with Crippen LogP contribution >= 0.6 is 0 Å². The third kappa shape index (κ3) is 3.78. The molecule has 8 heteroatoms. The molecule has 1 saturated heterocycles. The fourth-order valence-corrected chi connectivity index (χ4v) is 2.69. The van der Waals surface area contributed by atoms with Crippen molar-refractivity contribution in [1.29, 1.82) is 0 Å². The number of aromatic nitrogens is 2. The molecule has 1 aliphatic rings. The van der Waals surface area contributed by atoms with Gasteiger partial charge < -0.3 is 19.3 Å². The maximum absolute atomic E-state index is 13.3. The smallest absolute Gasteiger partial charge is 0.321 e. The van der Waals surface area contributed by atoms with E-state index in [4.69, 9.17) is 9.47 Å². The SMILES string of the molecule is COc1cc(N2CCN(C(=O)c3cccc(F)c3)CC2)nc(OC)n1. The molecule has 0 spiro atoms. The van der Waals surface area contributed by atoms with Gasteiger partial charge in [0.1, 0.15) is 11.6 Å². The van der Waals surface area contributed by atoms with Gasteiger partial charge in [-0.25, -0.2) is 4.39 Å². The highest BCUT2D eigenvalue weighted by Crippen LogP contribution is 2.22. The minimum atomic E-state index is -0.412.